The van der Waals surface area contributed by atoms with Crippen molar-refractivity contribution in [2.75, 3.05) is 6.61 Å². The Hall–Kier alpha value is -1.72. The van der Waals surface area contributed by atoms with Crippen molar-refractivity contribution < 1.29 is 14.4 Å². The Morgan fingerprint density at radius 1 is 1.15 bits per heavy atom. The van der Waals surface area contributed by atoms with Gasteiger partial charge in [0.15, 0.2) is 11.9 Å². The van der Waals surface area contributed by atoms with Gasteiger partial charge in [0.2, 0.25) is 0 Å². The first-order valence-corrected chi connectivity index (χ1v) is 10.1. The molecule has 1 saturated heterocycles. The van der Waals surface area contributed by atoms with Gasteiger partial charge in [-0.25, -0.2) is 0 Å². The van der Waals surface area contributed by atoms with Crippen molar-refractivity contribution in [1.82, 2.24) is 0 Å². The van der Waals surface area contributed by atoms with Crippen LogP contribution in [0.4, 0.5) is 0 Å². The van der Waals surface area contributed by atoms with Crippen molar-refractivity contribution in [3.8, 4) is 0 Å². The van der Waals surface area contributed by atoms with E-state index in [9.17, 15) is 10.1 Å². The smallest absolute Gasteiger partial charge is 0.274 e. The maximum atomic E-state index is 12.1. The highest BCUT2D eigenvalue weighted by Crippen LogP contribution is 2.36. The molecular formula is C22H33NO4. The Bertz CT molecular complexity index is 614. The molecule has 0 radical (unpaired) electrons. The number of hydrogen-bond acceptors (Lipinski definition) is 4. The van der Waals surface area contributed by atoms with Crippen molar-refractivity contribution in [2.45, 2.75) is 83.1 Å². The summed E-state index contributed by atoms with van der Waals surface area (Å²) in [5, 5.41) is 12.1. The van der Waals surface area contributed by atoms with Crippen LogP contribution in [0.15, 0.2) is 36.4 Å². The molecule has 5 nitrogen and oxygen atoms in total. The number of hydrogen-bond donors (Lipinski definition) is 0. The maximum absolute atomic E-state index is 12.1. The van der Waals surface area contributed by atoms with E-state index >= 15 is 0 Å². The van der Waals surface area contributed by atoms with Gasteiger partial charge in [-0.1, -0.05) is 75.4 Å². The molecule has 5 heteroatoms. The number of ether oxygens (including phenoxy) is 2. The van der Waals surface area contributed by atoms with Crippen LogP contribution in [-0.2, 0) is 9.47 Å². The summed E-state index contributed by atoms with van der Waals surface area (Å²) in [5.74, 6) is -0.827. The molecule has 1 aliphatic heterocycles. The van der Waals surface area contributed by atoms with Crippen LogP contribution in [0.3, 0.4) is 0 Å². The molecule has 150 valence electrons. The molecule has 2 rings (SSSR count). The van der Waals surface area contributed by atoms with Gasteiger partial charge in [0.25, 0.3) is 5.54 Å². The summed E-state index contributed by atoms with van der Waals surface area (Å²) >= 11 is 0. The molecule has 2 unspecified atom stereocenters. The second-order valence-corrected chi connectivity index (χ2v) is 7.88. The predicted molar refractivity (Wildman–Crippen MR) is 108 cm³/mol. The topological polar surface area (TPSA) is 61.6 Å². The zero-order chi connectivity index (χ0) is 19.8. The summed E-state index contributed by atoms with van der Waals surface area (Å²) in [7, 11) is 0. The number of nitro groups is 1. The van der Waals surface area contributed by atoms with Gasteiger partial charge in [-0.3, -0.25) is 10.1 Å². The van der Waals surface area contributed by atoms with Crippen LogP contribution in [0, 0.1) is 10.1 Å². The van der Waals surface area contributed by atoms with Gasteiger partial charge in [0.1, 0.15) is 6.61 Å². The van der Waals surface area contributed by atoms with Crippen molar-refractivity contribution in [1.29, 1.82) is 0 Å². The summed E-state index contributed by atoms with van der Waals surface area (Å²) in [6, 6.07) is 9.80. The number of rotatable bonds is 10. The molecule has 1 aliphatic rings. The van der Waals surface area contributed by atoms with E-state index in [0.717, 1.165) is 24.8 Å². The van der Waals surface area contributed by atoms with Crippen molar-refractivity contribution in [3.05, 3.63) is 52.1 Å². The molecule has 0 aromatic heterocycles. The molecule has 0 spiro atoms. The Morgan fingerprint density at radius 3 is 2.48 bits per heavy atom. The molecule has 0 bridgehead atoms. The van der Waals surface area contributed by atoms with Gasteiger partial charge in [0.05, 0.1) is 0 Å². The first-order chi connectivity index (χ1) is 12.9. The third-order valence-electron chi connectivity index (χ3n) is 5.20. The Labute approximate surface area is 162 Å². The van der Waals surface area contributed by atoms with E-state index < -0.39 is 17.4 Å². The van der Waals surface area contributed by atoms with Gasteiger partial charge >= 0.3 is 0 Å². The van der Waals surface area contributed by atoms with E-state index in [-0.39, 0.29) is 11.5 Å². The predicted octanol–water partition coefficient (Wildman–Crippen LogP) is 5.62. The van der Waals surface area contributed by atoms with Crippen molar-refractivity contribution in [2.24, 2.45) is 0 Å². The molecule has 1 fully saturated rings. The molecule has 2 atom stereocenters. The van der Waals surface area contributed by atoms with E-state index in [2.05, 4.69) is 6.92 Å². The Balaban J connectivity index is 2.12. The quantitative estimate of drug-likeness (QED) is 0.303. The molecular weight excluding hydrogens is 342 g/mol. The molecule has 1 heterocycles. The minimum atomic E-state index is -1.23. The van der Waals surface area contributed by atoms with Gasteiger partial charge in [-0.15, -0.1) is 0 Å². The van der Waals surface area contributed by atoms with Crippen LogP contribution in [0.1, 0.15) is 71.3 Å². The highest BCUT2D eigenvalue weighted by Gasteiger charge is 2.56. The fourth-order valence-electron chi connectivity index (χ4n) is 3.49. The van der Waals surface area contributed by atoms with Gasteiger partial charge in [-0.2, -0.15) is 0 Å². The third-order valence-corrected chi connectivity index (χ3v) is 5.20. The first-order valence-electron chi connectivity index (χ1n) is 10.1. The molecule has 0 saturated carbocycles. The number of nitrogens with zero attached hydrogens (tertiary/aromatic N) is 1. The standard InChI is InChI=1S/C22H33NO4/c1-4-5-6-7-8-12-17-22(23(24)25)18-26-21(2,3)27-20(22)16-15-19-13-10-9-11-14-19/h9-11,13-16,20H,4-8,12,17-18H2,1-3H3. The van der Waals surface area contributed by atoms with Crippen molar-refractivity contribution >= 4 is 6.08 Å². The summed E-state index contributed by atoms with van der Waals surface area (Å²) in [5.41, 5.74) is -0.229. The van der Waals surface area contributed by atoms with Crippen LogP contribution in [0.5, 0.6) is 0 Å². The largest absolute Gasteiger partial charge is 0.343 e. The lowest BCUT2D eigenvalue weighted by Gasteiger charge is -2.42. The second-order valence-electron chi connectivity index (χ2n) is 7.88. The fraction of sp³-hybridized carbons (Fsp3) is 0.636. The summed E-state index contributed by atoms with van der Waals surface area (Å²) in [6.07, 6.45) is 10.1. The zero-order valence-corrected chi connectivity index (χ0v) is 16.9. The van der Waals surface area contributed by atoms with Crippen LogP contribution in [0.25, 0.3) is 6.08 Å². The van der Waals surface area contributed by atoms with E-state index in [1.807, 2.05) is 56.3 Å². The minimum absolute atomic E-state index is 0.0752. The average Bonchev–Trinajstić information content (AvgIpc) is 2.64. The number of unbranched alkanes of at least 4 members (excludes halogenated alkanes) is 5. The lowest BCUT2D eigenvalue weighted by Crippen LogP contribution is -2.61. The molecule has 0 aliphatic carbocycles. The highest BCUT2D eigenvalue weighted by molar-refractivity contribution is 5.49. The SMILES string of the molecule is CCCCCCCCC1([N+](=O)[O-])COC(C)(C)OC1C=Cc1ccccc1. The summed E-state index contributed by atoms with van der Waals surface area (Å²) < 4.78 is 11.7. The third kappa shape index (κ3) is 6.15. The monoisotopic (exact) mass is 375 g/mol. The van der Waals surface area contributed by atoms with Gasteiger partial charge in [0, 0.05) is 11.3 Å². The molecule has 1 aromatic carbocycles. The van der Waals surface area contributed by atoms with Gasteiger partial charge in [-0.05, 0) is 31.9 Å². The average molecular weight is 376 g/mol. The molecule has 1 aromatic rings. The fourth-order valence-corrected chi connectivity index (χ4v) is 3.49. The Kier molecular flexibility index (Phi) is 7.99. The summed E-state index contributed by atoms with van der Waals surface area (Å²) in [4.78, 5) is 11.9. The van der Waals surface area contributed by atoms with E-state index in [1.165, 1.54) is 19.3 Å². The maximum Gasteiger partial charge on any atom is 0.274 e. The van der Waals surface area contributed by atoms with Crippen LogP contribution < -0.4 is 0 Å². The van der Waals surface area contributed by atoms with Crippen LogP contribution >= 0.6 is 0 Å². The van der Waals surface area contributed by atoms with Crippen LogP contribution in [-0.4, -0.2) is 29.0 Å². The Morgan fingerprint density at radius 2 is 1.81 bits per heavy atom. The van der Waals surface area contributed by atoms with Crippen LogP contribution in [0.2, 0.25) is 0 Å². The minimum Gasteiger partial charge on any atom is -0.343 e. The molecule has 0 N–H and O–H groups in total. The normalized spacial score (nSPS) is 24.9. The lowest BCUT2D eigenvalue weighted by atomic mass is 9.85. The van der Waals surface area contributed by atoms with Crippen molar-refractivity contribution in [3.63, 3.8) is 0 Å². The lowest BCUT2D eigenvalue weighted by molar-refractivity contribution is -0.605. The zero-order valence-electron chi connectivity index (χ0n) is 16.9. The second kappa shape index (κ2) is 10.00. The highest BCUT2D eigenvalue weighted by atomic mass is 16.7. The molecule has 0 amide bonds. The summed E-state index contributed by atoms with van der Waals surface area (Å²) in [6.45, 7) is 5.88. The van der Waals surface area contributed by atoms with Gasteiger partial charge < -0.3 is 9.47 Å². The number of benzene rings is 1. The van der Waals surface area contributed by atoms with E-state index in [4.69, 9.17) is 9.47 Å². The first kappa shape index (κ1) is 21.6. The van der Waals surface area contributed by atoms with E-state index in [1.54, 1.807) is 0 Å². The van der Waals surface area contributed by atoms with E-state index in [0.29, 0.717) is 6.42 Å². The molecule has 27 heavy (non-hydrogen) atoms.